The van der Waals surface area contributed by atoms with Gasteiger partial charge in [0.1, 0.15) is 11.9 Å². The number of hydrogen-bond donors (Lipinski definition) is 0. The normalized spacial score (nSPS) is 28.4. The monoisotopic (exact) mass is 383 g/mol. The van der Waals surface area contributed by atoms with Crippen LogP contribution < -0.4 is 9.64 Å². The number of para-hydroxylation sites is 2. The van der Waals surface area contributed by atoms with Crippen LogP contribution in [0, 0.1) is 0 Å². The number of nitrogens with zero attached hydrogens (tertiary/aromatic N) is 1. The Morgan fingerprint density at radius 3 is 2.41 bits per heavy atom. The van der Waals surface area contributed by atoms with Crippen molar-refractivity contribution in [3.05, 3.63) is 95.6 Å². The molecule has 1 spiro atoms. The van der Waals surface area contributed by atoms with E-state index in [9.17, 15) is 9.59 Å². The molecule has 5 nitrogen and oxygen atoms in total. The van der Waals surface area contributed by atoms with E-state index >= 15 is 0 Å². The Balaban J connectivity index is 1.66. The molecule has 3 aromatic carbocycles. The predicted molar refractivity (Wildman–Crippen MR) is 105 cm³/mol. The van der Waals surface area contributed by atoms with E-state index < -0.39 is 23.2 Å². The summed E-state index contributed by atoms with van der Waals surface area (Å²) in [6, 6.07) is 24.7. The van der Waals surface area contributed by atoms with Crippen LogP contribution in [0.3, 0.4) is 0 Å². The average Bonchev–Trinajstić information content (AvgIpc) is 3.16. The number of hydrogen-bond acceptors (Lipinski definition) is 4. The molecule has 3 aromatic rings. The molecule has 29 heavy (non-hydrogen) atoms. The molecule has 142 valence electrons. The van der Waals surface area contributed by atoms with Gasteiger partial charge in [0.05, 0.1) is 5.69 Å². The molecule has 1 saturated heterocycles. The van der Waals surface area contributed by atoms with E-state index in [0.29, 0.717) is 17.0 Å². The molecule has 0 aliphatic carbocycles. The third kappa shape index (κ3) is 1.71. The van der Waals surface area contributed by atoms with Gasteiger partial charge in [-0.05, 0) is 12.1 Å². The quantitative estimate of drug-likeness (QED) is 0.641. The summed E-state index contributed by atoms with van der Waals surface area (Å²) in [5.41, 5.74) is 0.483. The summed E-state index contributed by atoms with van der Waals surface area (Å²) in [7, 11) is 0. The fraction of sp³-hybridized carbons (Fsp3) is 0.167. The Bertz CT molecular complexity index is 1190. The van der Waals surface area contributed by atoms with Gasteiger partial charge in [-0.2, -0.15) is 0 Å². The summed E-state index contributed by atoms with van der Waals surface area (Å²) in [5, 5.41) is 0. The zero-order chi connectivity index (χ0) is 19.8. The van der Waals surface area contributed by atoms with E-state index in [1.165, 1.54) is 11.8 Å². The van der Waals surface area contributed by atoms with Crippen LogP contribution in [0.25, 0.3) is 0 Å². The number of ether oxygens (including phenoxy) is 2. The van der Waals surface area contributed by atoms with Gasteiger partial charge in [0, 0.05) is 23.6 Å². The molecule has 0 unspecified atom stereocenters. The third-order valence-corrected chi connectivity index (χ3v) is 6.21. The zero-order valence-corrected chi connectivity index (χ0v) is 15.7. The number of rotatable bonds is 1. The molecule has 0 saturated carbocycles. The largest absolute Gasteiger partial charge is 0.475 e. The van der Waals surface area contributed by atoms with Gasteiger partial charge in [0.25, 0.3) is 5.91 Å². The highest BCUT2D eigenvalue weighted by atomic mass is 16.6. The Morgan fingerprint density at radius 1 is 0.931 bits per heavy atom. The number of imide groups is 1. The summed E-state index contributed by atoms with van der Waals surface area (Å²) < 4.78 is 13.0. The molecule has 6 rings (SSSR count). The summed E-state index contributed by atoms with van der Waals surface area (Å²) in [6.07, 6.45) is -0.440. The summed E-state index contributed by atoms with van der Waals surface area (Å²) in [6.45, 7) is 1.39. The van der Waals surface area contributed by atoms with E-state index in [4.69, 9.17) is 9.47 Å². The molecule has 0 aromatic heterocycles. The van der Waals surface area contributed by atoms with E-state index in [1.807, 2.05) is 72.8 Å². The highest BCUT2D eigenvalue weighted by Crippen LogP contribution is 2.72. The van der Waals surface area contributed by atoms with Gasteiger partial charge in [0.15, 0.2) is 0 Å². The SMILES string of the molecule is CC(=O)N1C(=O)[C@]2(O[C@H]3c4ccccc4O[C@]32c2ccccc2)c2ccccc21. The minimum absolute atomic E-state index is 0.343. The Morgan fingerprint density at radius 2 is 1.62 bits per heavy atom. The molecule has 0 bridgehead atoms. The number of anilines is 1. The maximum Gasteiger partial charge on any atom is 0.275 e. The Kier molecular flexibility index (Phi) is 3.04. The van der Waals surface area contributed by atoms with Crippen LogP contribution in [0.15, 0.2) is 78.9 Å². The Labute approximate surface area is 167 Å². The van der Waals surface area contributed by atoms with Crippen molar-refractivity contribution >= 4 is 17.5 Å². The van der Waals surface area contributed by atoms with Gasteiger partial charge >= 0.3 is 0 Å². The molecule has 0 radical (unpaired) electrons. The lowest BCUT2D eigenvalue weighted by atomic mass is 9.65. The second-order valence-corrected chi connectivity index (χ2v) is 7.60. The van der Waals surface area contributed by atoms with E-state index in [0.717, 1.165) is 11.1 Å². The minimum Gasteiger partial charge on any atom is -0.475 e. The van der Waals surface area contributed by atoms with Crippen molar-refractivity contribution in [2.24, 2.45) is 0 Å². The lowest BCUT2D eigenvalue weighted by molar-refractivity contribution is -0.327. The molecule has 1 fully saturated rings. The average molecular weight is 383 g/mol. The van der Waals surface area contributed by atoms with Crippen LogP contribution in [0.4, 0.5) is 5.69 Å². The summed E-state index contributed by atoms with van der Waals surface area (Å²) >= 11 is 0. The van der Waals surface area contributed by atoms with Gasteiger partial charge in [-0.1, -0.05) is 66.7 Å². The van der Waals surface area contributed by atoms with Crippen LogP contribution in [-0.4, -0.2) is 11.8 Å². The molecule has 3 atom stereocenters. The summed E-state index contributed by atoms with van der Waals surface area (Å²) in [5.74, 6) is -0.0472. The van der Waals surface area contributed by atoms with Gasteiger partial charge in [0.2, 0.25) is 17.1 Å². The standard InChI is InChI=1S/C24H17NO4/c1-15(26)25-19-13-7-6-12-18(19)24(22(25)27)23(16-9-3-2-4-10-16)21(29-24)17-11-5-8-14-20(17)28-23/h2-14,21H,1H3/t21-,23+,24+/m0/s1. The van der Waals surface area contributed by atoms with Gasteiger partial charge in [-0.3, -0.25) is 9.59 Å². The molecule has 3 aliphatic heterocycles. The van der Waals surface area contributed by atoms with Gasteiger partial charge in [-0.15, -0.1) is 0 Å². The first-order valence-electron chi connectivity index (χ1n) is 9.57. The smallest absolute Gasteiger partial charge is 0.275 e. The van der Waals surface area contributed by atoms with Crippen LogP contribution in [0.1, 0.15) is 29.7 Å². The van der Waals surface area contributed by atoms with Crippen LogP contribution in [-0.2, 0) is 25.5 Å². The maximum atomic E-state index is 13.8. The van der Waals surface area contributed by atoms with Crippen LogP contribution in [0.2, 0.25) is 0 Å². The lowest BCUT2D eigenvalue weighted by Crippen LogP contribution is -2.70. The molecular weight excluding hydrogens is 366 g/mol. The van der Waals surface area contributed by atoms with Gasteiger partial charge in [-0.25, -0.2) is 4.90 Å². The first-order valence-corrected chi connectivity index (χ1v) is 9.57. The molecule has 2 amide bonds. The maximum absolute atomic E-state index is 13.8. The highest BCUT2D eigenvalue weighted by Gasteiger charge is 2.81. The number of carbonyl (C=O) groups excluding carboxylic acids is 2. The highest BCUT2D eigenvalue weighted by molar-refractivity contribution is 6.22. The van der Waals surface area contributed by atoms with E-state index in [1.54, 1.807) is 6.07 Å². The first-order chi connectivity index (χ1) is 14.1. The molecule has 0 N–H and O–H groups in total. The molecular formula is C24H17NO4. The van der Waals surface area contributed by atoms with Crippen molar-refractivity contribution in [1.82, 2.24) is 0 Å². The predicted octanol–water partition coefficient (Wildman–Crippen LogP) is 3.83. The summed E-state index contributed by atoms with van der Waals surface area (Å²) in [4.78, 5) is 27.4. The molecule has 3 heterocycles. The zero-order valence-electron chi connectivity index (χ0n) is 15.7. The van der Waals surface area contributed by atoms with Crippen molar-refractivity contribution in [2.75, 3.05) is 4.90 Å². The molecule has 3 aliphatic rings. The van der Waals surface area contributed by atoms with Crippen molar-refractivity contribution in [3.63, 3.8) is 0 Å². The fourth-order valence-corrected chi connectivity index (χ4v) is 5.08. The second-order valence-electron chi connectivity index (χ2n) is 7.60. The fourth-order valence-electron chi connectivity index (χ4n) is 5.08. The van der Waals surface area contributed by atoms with Crippen molar-refractivity contribution in [1.29, 1.82) is 0 Å². The number of carbonyl (C=O) groups is 2. The second kappa shape index (κ2) is 5.33. The van der Waals surface area contributed by atoms with Crippen LogP contribution in [0.5, 0.6) is 5.75 Å². The van der Waals surface area contributed by atoms with Crippen molar-refractivity contribution in [2.45, 2.75) is 24.2 Å². The van der Waals surface area contributed by atoms with Crippen LogP contribution >= 0.6 is 0 Å². The van der Waals surface area contributed by atoms with Gasteiger partial charge < -0.3 is 9.47 Å². The number of fused-ring (bicyclic) bond motifs is 6. The lowest BCUT2D eigenvalue weighted by Gasteiger charge is -2.56. The minimum atomic E-state index is -1.42. The number of benzene rings is 3. The van der Waals surface area contributed by atoms with E-state index in [-0.39, 0.29) is 5.91 Å². The third-order valence-electron chi connectivity index (χ3n) is 6.21. The van der Waals surface area contributed by atoms with Crippen molar-refractivity contribution < 1.29 is 19.1 Å². The van der Waals surface area contributed by atoms with E-state index in [2.05, 4.69) is 0 Å². The first kappa shape index (κ1) is 16.5. The number of amides is 2. The topological polar surface area (TPSA) is 55.8 Å². The molecule has 5 heteroatoms. The Hall–Kier alpha value is -3.44. The van der Waals surface area contributed by atoms with Crippen molar-refractivity contribution in [3.8, 4) is 5.75 Å².